The van der Waals surface area contributed by atoms with Crippen LogP contribution in [0.25, 0.3) is 5.52 Å². The van der Waals surface area contributed by atoms with Crippen molar-refractivity contribution in [2.75, 3.05) is 11.9 Å². The highest BCUT2D eigenvalue weighted by atomic mass is 19.4. The van der Waals surface area contributed by atoms with E-state index in [1.165, 1.54) is 29.0 Å². The number of carbonyl (C=O) groups excluding carboxylic acids is 1. The molecule has 0 spiro atoms. The third kappa shape index (κ3) is 5.53. The molecule has 1 saturated heterocycles. The monoisotopic (exact) mass is 487 g/mol. The Bertz CT molecular complexity index is 1150. The number of amides is 1. The summed E-state index contributed by atoms with van der Waals surface area (Å²) in [6.07, 6.45) is -6.40. The lowest BCUT2D eigenvalue weighted by atomic mass is 10.1. The second kappa shape index (κ2) is 9.42. The molecule has 1 amide bonds. The number of aromatic nitrogens is 5. The SMILES string of the molecule is CC(C)NC(=O)O[C@H]1CO[C@@H](c2cc(Nc3nccn4nc(COC(F)(F)F)cc34)n[nH]2)[C@@H]1F. The van der Waals surface area contributed by atoms with Crippen LogP contribution in [-0.2, 0) is 20.8 Å². The summed E-state index contributed by atoms with van der Waals surface area (Å²) >= 11 is 0. The first kappa shape index (κ1) is 23.7. The van der Waals surface area contributed by atoms with Crippen molar-refractivity contribution >= 4 is 23.2 Å². The van der Waals surface area contributed by atoms with Crippen LogP contribution in [0.1, 0.15) is 31.3 Å². The van der Waals surface area contributed by atoms with Crippen molar-refractivity contribution in [3.8, 4) is 0 Å². The summed E-state index contributed by atoms with van der Waals surface area (Å²) in [7, 11) is 0. The zero-order chi connectivity index (χ0) is 24.5. The molecular formula is C19H21F4N7O4. The number of ether oxygens (including phenoxy) is 3. The average Bonchev–Trinajstić information content (AvgIpc) is 3.45. The van der Waals surface area contributed by atoms with Crippen LogP contribution in [0.3, 0.4) is 0 Å². The van der Waals surface area contributed by atoms with Gasteiger partial charge in [0.25, 0.3) is 0 Å². The first-order chi connectivity index (χ1) is 16.1. The van der Waals surface area contributed by atoms with E-state index in [9.17, 15) is 22.4 Å². The number of hydrogen-bond acceptors (Lipinski definition) is 8. The van der Waals surface area contributed by atoms with Crippen molar-refractivity contribution in [2.24, 2.45) is 0 Å². The van der Waals surface area contributed by atoms with E-state index in [0.29, 0.717) is 11.2 Å². The number of carbonyl (C=O) groups is 1. The van der Waals surface area contributed by atoms with Gasteiger partial charge in [0.2, 0.25) is 0 Å². The fourth-order valence-electron chi connectivity index (χ4n) is 3.31. The first-order valence-corrected chi connectivity index (χ1v) is 10.2. The maximum Gasteiger partial charge on any atom is 0.522 e. The zero-order valence-electron chi connectivity index (χ0n) is 18.0. The Labute approximate surface area is 189 Å². The lowest BCUT2D eigenvalue weighted by Gasteiger charge is -2.16. The highest BCUT2D eigenvalue weighted by Gasteiger charge is 2.42. The van der Waals surface area contributed by atoms with Crippen molar-refractivity contribution in [1.82, 2.24) is 30.1 Å². The molecule has 34 heavy (non-hydrogen) atoms. The molecule has 0 aromatic carbocycles. The average molecular weight is 487 g/mol. The Kier molecular flexibility index (Phi) is 6.56. The largest absolute Gasteiger partial charge is 0.522 e. The van der Waals surface area contributed by atoms with E-state index in [1.54, 1.807) is 13.8 Å². The van der Waals surface area contributed by atoms with Crippen LogP contribution in [0, 0.1) is 0 Å². The van der Waals surface area contributed by atoms with E-state index in [0.717, 1.165) is 0 Å². The van der Waals surface area contributed by atoms with Crippen LogP contribution in [0.15, 0.2) is 24.5 Å². The molecule has 1 aliphatic heterocycles. The summed E-state index contributed by atoms with van der Waals surface area (Å²) in [6.45, 7) is 2.61. The van der Waals surface area contributed by atoms with Crippen molar-refractivity contribution in [3.05, 3.63) is 35.9 Å². The molecule has 0 bridgehead atoms. The predicted octanol–water partition coefficient (Wildman–Crippen LogP) is 3.15. The van der Waals surface area contributed by atoms with Gasteiger partial charge >= 0.3 is 12.5 Å². The number of anilines is 2. The number of H-pyrrole nitrogens is 1. The first-order valence-electron chi connectivity index (χ1n) is 10.2. The predicted molar refractivity (Wildman–Crippen MR) is 108 cm³/mol. The van der Waals surface area contributed by atoms with E-state index in [-0.39, 0.29) is 30.0 Å². The molecule has 11 nitrogen and oxygen atoms in total. The molecular weight excluding hydrogens is 466 g/mol. The van der Waals surface area contributed by atoms with Crippen molar-refractivity contribution in [2.45, 2.75) is 51.2 Å². The van der Waals surface area contributed by atoms with Crippen molar-refractivity contribution in [1.29, 1.82) is 0 Å². The maximum atomic E-state index is 14.8. The van der Waals surface area contributed by atoms with Crippen LogP contribution >= 0.6 is 0 Å². The Balaban J connectivity index is 1.43. The third-order valence-corrected chi connectivity index (χ3v) is 4.72. The number of nitrogens with zero attached hydrogens (tertiary/aromatic N) is 4. The Morgan fingerprint density at radius 3 is 2.91 bits per heavy atom. The van der Waals surface area contributed by atoms with Crippen LogP contribution < -0.4 is 10.6 Å². The van der Waals surface area contributed by atoms with Crippen molar-refractivity contribution in [3.63, 3.8) is 0 Å². The number of halogens is 4. The Morgan fingerprint density at radius 1 is 1.38 bits per heavy atom. The molecule has 184 valence electrons. The molecule has 1 aliphatic rings. The smallest absolute Gasteiger partial charge is 0.441 e. The topological polar surface area (TPSA) is 128 Å². The molecule has 4 heterocycles. The van der Waals surface area contributed by atoms with Gasteiger partial charge in [-0.25, -0.2) is 18.7 Å². The lowest BCUT2D eigenvalue weighted by Crippen LogP contribution is -2.36. The van der Waals surface area contributed by atoms with Crippen LogP contribution in [-0.4, -0.2) is 62.2 Å². The summed E-state index contributed by atoms with van der Waals surface area (Å²) in [5.41, 5.74) is 0.714. The molecule has 1 fully saturated rings. The summed E-state index contributed by atoms with van der Waals surface area (Å²) in [5, 5.41) is 16.2. The van der Waals surface area contributed by atoms with E-state index in [4.69, 9.17) is 9.47 Å². The molecule has 0 radical (unpaired) electrons. The van der Waals surface area contributed by atoms with Gasteiger partial charge in [0, 0.05) is 24.5 Å². The Hall–Kier alpha value is -3.46. The number of hydrogen-bond donors (Lipinski definition) is 3. The summed E-state index contributed by atoms with van der Waals surface area (Å²) < 4.78 is 67.4. The normalized spacial score (nSPS) is 20.7. The molecule has 0 saturated carbocycles. The number of alkyl halides is 4. The minimum Gasteiger partial charge on any atom is -0.441 e. The molecule has 3 aromatic heterocycles. The number of alkyl carbamates (subject to hydrolysis) is 1. The molecule has 4 rings (SSSR count). The summed E-state index contributed by atoms with van der Waals surface area (Å²) in [4.78, 5) is 15.9. The number of fused-ring (bicyclic) bond motifs is 1. The second-order valence-electron chi connectivity index (χ2n) is 7.75. The van der Waals surface area contributed by atoms with Crippen LogP contribution in [0.5, 0.6) is 0 Å². The minimum absolute atomic E-state index is 0.0447. The van der Waals surface area contributed by atoms with Crippen LogP contribution in [0.4, 0.5) is 34.0 Å². The highest BCUT2D eigenvalue weighted by Crippen LogP contribution is 2.33. The van der Waals surface area contributed by atoms with Gasteiger partial charge < -0.3 is 20.1 Å². The number of nitrogens with one attached hydrogen (secondary N) is 3. The zero-order valence-corrected chi connectivity index (χ0v) is 18.0. The number of aromatic amines is 1. The standard InChI is InChI=1S/C19H21F4N7O4/c1-9(2)25-18(31)34-13-8-32-16(15(13)20)11-6-14(28-27-11)26-17-12-5-10(7-33-19(21,22)23)29-30(12)4-3-24-17/h3-6,9,13,15-16H,7-8H2,1-2H3,(H,25,31)(H2,24,26,27,28)/t13-,15+,16-/m0/s1. The van der Waals surface area contributed by atoms with Gasteiger partial charge in [0.15, 0.2) is 23.9 Å². The van der Waals surface area contributed by atoms with Gasteiger partial charge in [0.05, 0.1) is 18.0 Å². The lowest BCUT2D eigenvalue weighted by molar-refractivity contribution is -0.330. The third-order valence-electron chi connectivity index (χ3n) is 4.72. The molecule has 0 unspecified atom stereocenters. The quantitative estimate of drug-likeness (QED) is 0.434. The van der Waals surface area contributed by atoms with Crippen molar-refractivity contribution < 1.29 is 36.6 Å². The fraction of sp³-hybridized carbons (Fsp3) is 0.474. The van der Waals surface area contributed by atoms with Gasteiger partial charge in [-0.15, -0.1) is 13.2 Å². The second-order valence-corrected chi connectivity index (χ2v) is 7.75. The van der Waals surface area contributed by atoms with Gasteiger partial charge in [-0.1, -0.05) is 0 Å². The molecule has 3 aromatic rings. The summed E-state index contributed by atoms with van der Waals surface area (Å²) in [5.74, 6) is 0.504. The molecule has 0 aliphatic carbocycles. The highest BCUT2D eigenvalue weighted by molar-refractivity contribution is 5.72. The fourth-order valence-corrected chi connectivity index (χ4v) is 3.31. The van der Waals surface area contributed by atoms with Gasteiger partial charge in [-0.3, -0.25) is 9.84 Å². The molecule has 15 heteroatoms. The van der Waals surface area contributed by atoms with E-state index < -0.39 is 37.4 Å². The molecule has 3 N–H and O–H groups in total. The van der Waals surface area contributed by atoms with Crippen LogP contribution in [0.2, 0.25) is 0 Å². The van der Waals surface area contributed by atoms with Gasteiger partial charge in [0.1, 0.15) is 18.2 Å². The van der Waals surface area contributed by atoms with E-state index in [1.807, 2.05) is 0 Å². The minimum atomic E-state index is -4.78. The summed E-state index contributed by atoms with van der Waals surface area (Å²) in [6, 6.07) is 2.71. The van der Waals surface area contributed by atoms with Gasteiger partial charge in [-0.2, -0.15) is 10.2 Å². The van der Waals surface area contributed by atoms with E-state index >= 15 is 0 Å². The van der Waals surface area contributed by atoms with E-state index in [2.05, 4.69) is 35.7 Å². The Morgan fingerprint density at radius 2 is 2.18 bits per heavy atom. The molecule has 3 atom stereocenters. The maximum absolute atomic E-state index is 14.8. The van der Waals surface area contributed by atoms with Gasteiger partial charge in [-0.05, 0) is 19.9 Å². The number of rotatable bonds is 7.